The van der Waals surface area contributed by atoms with Crippen LogP contribution in [-0.4, -0.2) is 21.3 Å². The first-order valence-electron chi connectivity index (χ1n) is 3.45. The molecule has 1 aromatic heterocycles. The molecule has 13 heavy (non-hydrogen) atoms. The van der Waals surface area contributed by atoms with E-state index in [1.54, 1.807) is 11.6 Å². The van der Waals surface area contributed by atoms with Gasteiger partial charge in [0.05, 0.1) is 12.4 Å². The fraction of sp³-hybridized carbons (Fsp3) is 0. The number of hydrogen-bond donors (Lipinski definition) is 2. The van der Waals surface area contributed by atoms with Crippen molar-refractivity contribution in [2.24, 2.45) is 4.99 Å². The Morgan fingerprint density at radius 3 is 3.23 bits per heavy atom. The highest BCUT2D eigenvalue weighted by molar-refractivity contribution is 8.10. The Labute approximate surface area is 76.9 Å². The highest BCUT2D eigenvalue weighted by atomic mass is 32.2. The Morgan fingerprint density at radius 1 is 1.62 bits per heavy atom. The number of H-pyrrole nitrogens is 1. The van der Waals surface area contributed by atoms with E-state index in [1.165, 1.54) is 6.20 Å². The molecule has 6 heteroatoms. The number of nitrogens with zero attached hydrogens (tertiary/aromatic N) is 2. The molecule has 0 atom stereocenters. The fourth-order valence-corrected chi connectivity index (χ4v) is 1.51. The van der Waals surface area contributed by atoms with Crippen molar-refractivity contribution in [3.05, 3.63) is 28.0 Å². The summed E-state index contributed by atoms with van der Waals surface area (Å²) in [4.78, 5) is 14.7. The molecule has 1 aliphatic rings. The molecule has 0 aliphatic carbocycles. The van der Waals surface area contributed by atoms with Crippen molar-refractivity contribution in [2.45, 2.75) is 0 Å². The smallest absolute Gasteiger partial charge is 0.344 e. The van der Waals surface area contributed by atoms with Crippen LogP contribution < -0.4 is 10.7 Å². The minimum atomic E-state index is -0.969. The molecule has 1 aromatic rings. The van der Waals surface area contributed by atoms with Crippen LogP contribution in [-0.2, 0) is 4.79 Å². The standard InChI is InChI=1S/C7H5N3O2S/c11-7(12)5-2-8-6-4(3-13-5)1-9-10-6/h1-3H,(H,8,10)(H,11,12). The summed E-state index contributed by atoms with van der Waals surface area (Å²) in [6.07, 6.45) is 2.91. The van der Waals surface area contributed by atoms with Gasteiger partial charge in [-0.25, -0.2) is 9.79 Å². The lowest BCUT2D eigenvalue weighted by Crippen LogP contribution is -2.20. The first-order valence-corrected chi connectivity index (χ1v) is 4.33. The Hall–Kier alpha value is -1.56. The maximum absolute atomic E-state index is 10.6. The van der Waals surface area contributed by atoms with Crippen molar-refractivity contribution in [2.75, 3.05) is 0 Å². The lowest BCUT2D eigenvalue weighted by Gasteiger charge is -1.91. The SMILES string of the molecule is O=C(O)C1=CN=c2[nH]ncc2=CS1. The Bertz CT molecular complexity index is 488. The zero-order valence-electron chi connectivity index (χ0n) is 6.39. The third-order valence-electron chi connectivity index (χ3n) is 1.48. The van der Waals surface area contributed by atoms with Gasteiger partial charge in [0.1, 0.15) is 4.91 Å². The van der Waals surface area contributed by atoms with Gasteiger partial charge in [0.2, 0.25) is 0 Å². The van der Waals surface area contributed by atoms with E-state index >= 15 is 0 Å². The number of carbonyl (C=O) groups is 1. The summed E-state index contributed by atoms with van der Waals surface area (Å²) in [5.41, 5.74) is 0.587. The van der Waals surface area contributed by atoms with E-state index in [-0.39, 0.29) is 4.91 Å². The summed E-state index contributed by atoms with van der Waals surface area (Å²) in [5.74, 6) is -0.969. The average Bonchev–Trinajstić information content (AvgIpc) is 2.44. The van der Waals surface area contributed by atoms with E-state index in [9.17, 15) is 4.79 Å². The van der Waals surface area contributed by atoms with Crippen LogP contribution in [0.1, 0.15) is 0 Å². The van der Waals surface area contributed by atoms with Gasteiger partial charge < -0.3 is 5.11 Å². The summed E-state index contributed by atoms with van der Waals surface area (Å²) < 4.78 is 0. The molecule has 0 unspecified atom stereocenters. The second kappa shape index (κ2) is 3.06. The van der Waals surface area contributed by atoms with Crippen molar-refractivity contribution >= 4 is 23.1 Å². The Kier molecular flexibility index (Phi) is 1.90. The number of aromatic nitrogens is 2. The van der Waals surface area contributed by atoms with Gasteiger partial charge in [-0.15, -0.1) is 0 Å². The molecule has 2 rings (SSSR count). The number of aromatic amines is 1. The molecule has 0 amide bonds. The second-order valence-corrected chi connectivity index (χ2v) is 3.25. The van der Waals surface area contributed by atoms with E-state index in [2.05, 4.69) is 15.2 Å². The molecular formula is C7H5N3O2S. The summed E-state index contributed by atoms with van der Waals surface area (Å²) in [5, 5.41) is 17.6. The summed E-state index contributed by atoms with van der Waals surface area (Å²) in [6.45, 7) is 0. The maximum Gasteiger partial charge on any atom is 0.344 e. The van der Waals surface area contributed by atoms with Gasteiger partial charge in [0, 0.05) is 5.22 Å². The molecule has 2 N–H and O–H groups in total. The molecule has 0 fully saturated rings. The first kappa shape index (κ1) is 8.06. The van der Waals surface area contributed by atoms with Gasteiger partial charge in [-0.3, -0.25) is 5.10 Å². The van der Waals surface area contributed by atoms with Gasteiger partial charge >= 0.3 is 5.97 Å². The van der Waals surface area contributed by atoms with Crippen LogP contribution in [0.5, 0.6) is 0 Å². The van der Waals surface area contributed by atoms with Crippen LogP contribution in [0.25, 0.3) is 5.41 Å². The number of aliphatic carboxylic acids is 1. The molecule has 0 spiro atoms. The quantitative estimate of drug-likeness (QED) is 0.629. The van der Waals surface area contributed by atoms with Crippen LogP contribution in [0.15, 0.2) is 22.3 Å². The van der Waals surface area contributed by atoms with Crippen molar-refractivity contribution in [3.63, 3.8) is 0 Å². The number of hydrogen-bond acceptors (Lipinski definition) is 4. The number of fused-ring (bicyclic) bond motifs is 1. The van der Waals surface area contributed by atoms with Crippen LogP contribution in [0.3, 0.4) is 0 Å². The average molecular weight is 195 g/mol. The first-order chi connectivity index (χ1) is 6.27. The third kappa shape index (κ3) is 1.48. The minimum absolute atomic E-state index is 0.199. The number of rotatable bonds is 1. The van der Waals surface area contributed by atoms with Gasteiger partial charge in [-0.1, -0.05) is 11.8 Å². The van der Waals surface area contributed by atoms with Crippen molar-refractivity contribution in [3.8, 4) is 0 Å². The zero-order chi connectivity index (χ0) is 9.26. The van der Waals surface area contributed by atoms with E-state index in [4.69, 9.17) is 5.11 Å². The number of carboxylic acids is 1. The van der Waals surface area contributed by atoms with E-state index in [1.807, 2.05) is 0 Å². The summed E-state index contributed by atoms with van der Waals surface area (Å²) >= 11 is 1.12. The predicted octanol–water partition coefficient (Wildman–Crippen LogP) is -0.560. The van der Waals surface area contributed by atoms with Crippen molar-refractivity contribution in [1.82, 2.24) is 10.2 Å². The van der Waals surface area contributed by atoms with E-state index in [0.29, 0.717) is 5.49 Å². The van der Waals surface area contributed by atoms with Crippen molar-refractivity contribution < 1.29 is 9.90 Å². The van der Waals surface area contributed by atoms with E-state index in [0.717, 1.165) is 17.0 Å². The molecule has 2 heterocycles. The third-order valence-corrected chi connectivity index (χ3v) is 2.39. The zero-order valence-corrected chi connectivity index (χ0v) is 7.21. The highest BCUT2D eigenvalue weighted by Gasteiger charge is 2.07. The number of thioether (sulfide) groups is 1. The van der Waals surface area contributed by atoms with Gasteiger partial charge in [0.15, 0.2) is 5.49 Å². The lowest BCUT2D eigenvalue weighted by molar-refractivity contribution is -0.131. The normalized spacial score (nSPS) is 14.6. The monoisotopic (exact) mass is 195 g/mol. The Morgan fingerprint density at radius 2 is 2.46 bits per heavy atom. The molecule has 0 aromatic carbocycles. The number of carboxylic acid groups (broad SMARTS) is 1. The molecule has 0 saturated heterocycles. The molecule has 0 radical (unpaired) electrons. The molecule has 66 valence electrons. The van der Waals surface area contributed by atoms with Gasteiger partial charge in [-0.2, -0.15) is 5.10 Å². The minimum Gasteiger partial charge on any atom is -0.477 e. The van der Waals surface area contributed by atoms with Crippen LogP contribution in [0.2, 0.25) is 0 Å². The van der Waals surface area contributed by atoms with Crippen LogP contribution in [0.4, 0.5) is 0 Å². The molecule has 0 bridgehead atoms. The molecule has 5 nitrogen and oxygen atoms in total. The second-order valence-electron chi connectivity index (χ2n) is 2.34. The van der Waals surface area contributed by atoms with Gasteiger partial charge in [0.25, 0.3) is 0 Å². The van der Waals surface area contributed by atoms with E-state index < -0.39 is 5.97 Å². The van der Waals surface area contributed by atoms with Crippen molar-refractivity contribution in [1.29, 1.82) is 0 Å². The number of nitrogens with one attached hydrogen (secondary N) is 1. The maximum atomic E-state index is 10.6. The predicted molar refractivity (Wildman–Crippen MR) is 47.1 cm³/mol. The van der Waals surface area contributed by atoms with Gasteiger partial charge in [-0.05, 0) is 5.41 Å². The molecular weight excluding hydrogens is 190 g/mol. The van der Waals surface area contributed by atoms with Crippen LogP contribution >= 0.6 is 11.8 Å². The Balaban J connectivity index is 2.54. The highest BCUT2D eigenvalue weighted by Crippen LogP contribution is 2.17. The largest absolute Gasteiger partial charge is 0.477 e. The summed E-state index contributed by atoms with van der Waals surface area (Å²) in [6, 6.07) is 0. The fourth-order valence-electron chi connectivity index (χ4n) is 0.865. The van der Waals surface area contributed by atoms with Crippen LogP contribution in [0, 0.1) is 0 Å². The summed E-state index contributed by atoms with van der Waals surface area (Å²) in [7, 11) is 0. The lowest BCUT2D eigenvalue weighted by atomic mass is 10.5. The topological polar surface area (TPSA) is 78.3 Å². The molecule has 1 aliphatic heterocycles. The molecule has 0 saturated carbocycles.